The third kappa shape index (κ3) is 2.36. The number of pyridine rings is 1. The van der Waals surface area contributed by atoms with Gasteiger partial charge in [-0.3, -0.25) is 9.20 Å². The summed E-state index contributed by atoms with van der Waals surface area (Å²) in [7, 11) is 3.60. The van der Waals surface area contributed by atoms with Crippen LogP contribution in [0.4, 0.5) is 4.39 Å². The highest BCUT2D eigenvalue weighted by Crippen LogP contribution is 2.19. The number of aromatic nitrogens is 2. The normalized spacial score (nSPS) is 11.3. The zero-order valence-corrected chi connectivity index (χ0v) is 10.6. The highest BCUT2D eigenvalue weighted by Gasteiger charge is 2.12. The van der Waals surface area contributed by atoms with Crippen molar-refractivity contribution in [2.45, 2.75) is 0 Å². The van der Waals surface area contributed by atoms with E-state index in [0.717, 1.165) is 6.07 Å². The van der Waals surface area contributed by atoms with Gasteiger partial charge in [0.1, 0.15) is 11.5 Å². The molecule has 6 heteroatoms. The van der Waals surface area contributed by atoms with E-state index >= 15 is 0 Å². The number of ketones is 1. The van der Waals surface area contributed by atoms with Gasteiger partial charge in [0.05, 0.1) is 11.2 Å². The smallest absolute Gasteiger partial charge is 0.205 e. The van der Waals surface area contributed by atoms with E-state index in [1.807, 2.05) is 0 Å². The highest BCUT2D eigenvalue weighted by atomic mass is 35.5. The van der Waals surface area contributed by atoms with Crippen molar-refractivity contribution in [1.29, 1.82) is 0 Å². The molecule has 0 saturated carbocycles. The first kappa shape index (κ1) is 12.6. The predicted octanol–water partition coefficient (Wildman–Crippen LogP) is 2.38. The van der Waals surface area contributed by atoms with Gasteiger partial charge in [-0.15, -0.1) is 0 Å². The van der Waals surface area contributed by atoms with Crippen LogP contribution in [0.25, 0.3) is 5.65 Å². The van der Waals surface area contributed by atoms with E-state index in [-0.39, 0.29) is 16.5 Å². The Morgan fingerprint density at radius 2 is 2.28 bits per heavy atom. The molecule has 0 aliphatic rings. The van der Waals surface area contributed by atoms with Crippen LogP contribution >= 0.6 is 11.6 Å². The van der Waals surface area contributed by atoms with E-state index < -0.39 is 5.82 Å². The van der Waals surface area contributed by atoms with Crippen LogP contribution in [-0.2, 0) is 0 Å². The summed E-state index contributed by atoms with van der Waals surface area (Å²) in [6.07, 6.45) is 5.57. The van der Waals surface area contributed by atoms with Crippen molar-refractivity contribution < 1.29 is 9.18 Å². The van der Waals surface area contributed by atoms with E-state index in [9.17, 15) is 9.18 Å². The SMILES string of the molecule is CN(C)C=CC(=O)c1cnc2c(Cl)cc(F)cn12. The van der Waals surface area contributed by atoms with E-state index in [4.69, 9.17) is 11.6 Å². The van der Waals surface area contributed by atoms with Gasteiger partial charge in [0.15, 0.2) is 5.65 Å². The summed E-state index contributed by atoms with van der Waals surface area (Å²) in [4.78, 5) is 17.6. The van der Waals surface area contributed by atoms with Crippen LogP contribution in [0.5, 0.6) is 0 Å². The third-order valence-corrected chi connectivity index (χ3v) is 2.58. The molecular formula is C12H11ClFN3O. The minimum absolute atomic E-state index is 0.172. The van der Waals surface area contributed by atoms with Crippen molar-refractivity contribution in [2.75, 3.05) is 14.1 Å². The zero-order chi connectivity index (χ0) is 13.3. The minimum Gasteiger partial charge on any atom is -0.383 e. The fourth-order valence-electron chi connectivity index (χ4n) is 1.50. The Bertz CT molecular complexity index is 634. The largest absolute Gasteiger partial charge is 0.383 e. The number of carbonyl (C=O) groups is 1. The van der Waals surface area contributed by atoms with Crippen LogP contribution in [0.15, 0.2) is 30.7 Å². The van der Waals surface area contributed by atoms with Crippen molar-refractivity contribution >= 4 is 23.0 Å². The monoisotopic (exact) mass is 267 g/mol. The average Bonchev–Trinajstić information content (AvgIpc) is 2.69. The van der Waals surface area contributed by atoms with Crippen molar-refractivity contribution in [3.05, 3.63) is 47.3 Å². The second-order valence-electron chi connectivity index (χ2n) is 3.99. The maximum atomic E-state index is 13.3. The molecule has 4 nitrogen and oxygen atoms in total. The zero-order valence-electron chi connectivity index (χ0n) is 9.89. The number of carbonyl (C=O) groups excluding carboxylic acids is 1. The maximum absolute atomic E-state index is 13.3. The van der Waals surface area contributed by atoms with E-state index in [0.29, 0.717) is 5.65 Å². The first-order valence-corrected chi connectivity index (χ1v) is 5.58. The van der Waals surface area contributed by atoms with Crippen molar-refractivity contribution in [2.24, 2.45) is 0 Å². The Balaban J connectivity index is 2.49. The van der Waals surface area contributed by atoms with E-state index in [1.54, 1.807) is 25.2 Å². The third-order valence-electron chi connectivity index (χ3n) is 2.30. The molecule has 2 rings (SSSR count). The molecule has 0 N–H and O–H groups in total. The number of imidazole rings is 1. The topological polar surface area (TPSA) is 37.6 Å². The first-order chi connectivity index (χ1) is 8.49. The second kappa shape index (κ2) is 4.78. The summed E-state index contributed by atoms with van der Waals surface area (Å²) in [6.45, 7) is 0. The molecule has 0 amide bonds. The standard InChI is InChI=1S/C12H11ClFN3O/c1-16(2)4-3-11(18)10-6-15-12-9(13)5-8(14)7-17(10)12/h3-7H,1-2H3. The Hall–Kier alpha value is -1.88. The number of hydrogen-bond donors (Lipinski definition) is 0. The molecule has 0 aliphatic carbocycles. The molecule has 2 heterocycles. The number of allylic oxidation sites excluding steroid dienone is 1. The first-order valence-electron chi connectivity index (χ1n) is 5.20. The fourth-order valence-corrected chi connectivity index (χ4v) is 1.74. The molecule has 0 atom stereocenters. The number of nitrogens with zero attached hydrogens (tertiary/aromatic N) is 3. The van der Waals surface area contributed by atoms with Gasteiger partial charge in [-0.2, -0.15) is 0 Å². The van der Waals surface area contributed by atoms with Crippen molar-refractivity contribution in [1.82, 2.24) is 14.3 Å². The molecule has 0 aliphatic heterocycles. The van der Waals surface area contributed by atoms with Gasteiger partial charge in [0.2, 0.25) is 5.78 Å². The highest BCUT2D eigenvalue weighted by molar-refractivity contribution is 6.33. The van der Waals surface area contributed by atoms with Gasteiger partial charge in [0, 0.05) is 32.6 Å². The fraction of sp³-hybridized carbons (Fsp3) is 0.167. The second-order valence-corrected chi connectivity index (χ2v) is 4.39. The quantitative estimate of drug-likeness (QED) is 0.633. The van der Waals surface area contributed by atoms with Crippen LogP contribution < -0.4 is 0 Å². The molecule has 2 aromatic heterocycles. The summed E-state index contributed by atoms with van der Waals surface area (Å²) < 4.78 is 14.6. The number of rotatable bonds is 3. The van der Waals surface area contributed by atoms with Gasteiger partial charge in [-0.05, 0) is 6.07 Å². The lowest BCUT2D eigenvalue weighted by Gasteiger charge is -2.03. The van der Waals surface area contributed by atoms with Crippen LogP contribution in [0.2, 0.25) is 5.02 Å². The predicted molar refractivity (Wildman–Crippen MR) is 67.3 cm³/mol. The summed E-state index contributed by atoms with van der Waals surface area (Å²) in [5.74, 6) is -0.783. The Morgan fingerprint density at radius 1 is 1.56 bits per heavy atom. The molecule has 94 valence electrons. The lowest BCUT2D eigenvalue weighted by atomic mass is 10.3. The Morgan fingerprint density at radius 3 is 2.94 bits per heavy atom. The molecule has 0 saturated heterocycles. The molecule has 0 spiro atoms. The van der Waals surface area contributed by atoms with E-state index in [1.165, 1.54) is 22.9 Å². The summed E-state index contributed by atoms with van der Waals surface area (Å²) in [5, 5.41) is 0.172. The molecule has 0 aromatic carbocycles. The van der Waals surface area contributed by atoms with Crippen LogP contribution in [0.3, 0.4) is 0 Å². The molecule has 0 radical (unpaired) electrons. The Kier molecular flexibility index (Phi) is 3.34. The van der Waals surface area contributed by atoms with Crippen LogP contribution in [-0.4, -0.2) is 34.2 Å². The molecule has 18 heavy (non-hydrogen) atoms. The van der Waals surface area contributed by atoms with Gasteiger partial charge in [-0.25, -0.2) is 9.37 Å². The molecule has 0 fully saturated rings. The molecule has 0 bridgehead atoms. The van der Waals surface area contributed by atoms with Gasteiger partial charge in [-0.1, -0.05) is 11.6 Å². The van der Waals surface area contributed by atoms with Crippen molar-refractivity contribution in [3.8, 4) is 0 Å². The van der Waals surface area contributed by atoms with E-state index in [2.05, 4.69) is 4.98 Å². The molecular weight excluding hydrogens is 257 g/mol. The average molecular weight is 268 g/mol. The van der Waals surface area contributed by atoms with Crippen LogP contribution in [0.1, 0.15) is 10.5 Å². The number of fused-ring (bicyclic) bond motifs is 1. The van der Waals surface area contributed by atoms with Gasteiger partial charge in [0.25, 0.3) is 0 Å². The van der Waals surface area contributed by atoms with Crippen molar-refractivity contribution in [3.63, 3.8) is 0 Å². The molecule has 2 aromatic rings. The van der Waals surface area contributed by atoms with Gasteiger partial charge < -0.3 is 4.90 Å². The molecule has 0 unspecified atom stereocenters. The lowest BCUT2D eigenvalue weighted by molar-refractivity contribution is 0.104. The van der Waals surface area contributed by atoms with Crippen LogP contribution in [0, 0.1) is 5.82 Å². The Labute approximate surface area is 108 Å². The number of hydrogen-bond acceptors (Lipinski definition) is 3. The number of halogens is 2. The minimum atomic E-state index is -0.517. The van der Waals surface area contributed by atoms with Gasteiger partial charge >= 0.3 is 0 Å². The lowest BCUT2D eigenvalue weighted by Crippen LogP contribution is -2.05. The summed E-state index contributed by atoms with van der Waals surface area (Å²) in [5.41, 5.74) is 0.629. The summed E-state index contributed by atoms with van der Waals surface area (Å²) >= 11 is 5.85. The maximum Gasteiger partial charge on any atom is 0.205 e. The summed E-state index contributed by atoms with van der Waals surface area (Å²) in [6, 6.07) is 1.16.